The number of aryl methyl sites for hydroxylation is 2. The van der Waals surface area contributed by atoms with Gasteiger partial charge in [-0.1, -0.05) is 30.3 Å². The third kappa shape index (κ3) is 2.86. The summed E-state index contributed by atoms with van der Waals surface area (Å²) in [4.78, 5) is 2.40. The molecule has 3 aromatic carbocycles. The van der Waals surface area contributed by atoms with Crippen molar-refractivity contribution in [1.82, 2.24) is 0 Å². The van der Waals surface area contributed by atoms with Gasteiger partial charge < -0.3 is 4.90 Å². The normalized spacial score (nSPS) is 11.3. The maximum atomic E-state index is 2.40. The highest BCUT2D eigenvalue weighted by molar-refractivity contribution is 6.07. The lowest BCUT2D eigenvalue weighted by Crippen LogP contribution is -2.30. The summed E-state index contributed by atoms with van der Waals surface area (Å²) in [5.41, 5.74) is 7.80. The molecule has 0 spiro atoms. The molecular weight excluding hydrogens is 328 g/mol. The van der Waals surface area contributed by atoms with Crippen molar-refractivity contribution in [2.24, 2.45) is 7.05 Å². The molecule has 0 unspecified atom stereocenters. The van der Waals surface area contributed by atoms with Crippen LogP contribution >= 0.6 is 0 Å². The zero-order chi connectivity index (χ0) is 19.0. The molecule has 1 heterocycles. The quantitative estimate of drug-likeness (QED) is 0.339. The van der Waals surface area contributed by atoms with Crippen LogP contribution in [-0.4, -0.2) is 13.1 Å². The molecule has 0 aliphatic rings. The van der Waals surface area contributed by atoms with E-state index in [-0.39, 0.29) is 0 Å². The molecule has 4 rings (SSSR count). The number of pyridine rings is 1. The standard InChI is InChI=1S/C25H27N2/c1-5-27(6-2)19-15-16-20(18(3)17-19)25-21-11-7-9-13-23(21)26(4)24-14-10-8-12-22(24)25/h7-17H,5-6H2,1-4H3/q+1. The summed E-state index contributed by atoms with van der Waals surface area (Å²) in [6.07, 6.45) is 0. The summed E-state index contributed by atoms with van der Waals surface area (Å²) < 4.78 is 2.30. The summed E-state index contributed by atoms with van der Waals surface area (Å²) >= 11 is 0. The van der Waals surface area contributed by atoms with Gasteiger partial charge in [-0.25, -0.2) is 0 Å². The Bertz CT molecular complexity index is 1070. The Balaban J connectivity index is 2.05. The smallest absolute Gasteiger partial charge is 0.213 e. The fourth-order valence-corrected chi connectivity index (χ4v) is 4.23. The van der Waals surface area contributed by atoms with Gasteiger partial charge in [-0.2, -0.15) is 4.57 Å². The molecular formula is C25H27N2+. The Hall–Kier alpha value is -2.87. The SMILES string of the molecule is CCN(CC)c1ccc(-c2c3ccccc3[n+](C)c3ccccc23)c(C)c1. The molecule has 0 bridgehead atoms. The fourth-order valence-electron chi connectivity index (χ4n) is 4.23. The van der Waals surface area contributed by atoms with Crippen molar-refractivity contribution in [2.45, 2.75) is 20.8 Å². The molecule has 0 radical (unpaired) electrons. The Labute approximate surface area is 161 Å². The lowest BCUT2D eigenvalue weighted by atomic mass is 9.92. The fraction of sp³-hybridized carbons (Fsp3) is 0.240. The van der Waals surface area contributed by atoms with E-state index < -0.39 is 0 Å². The molecule has 2 nitrogen and oxygen atoms in total. The second kappa shape index (κ2) is 7.03. The molecule has 0 saturated carbocycles. The molecule has 0 amide bonds. The van der Waals surface area contributed by atoms with Crippen molar-refractivity contribution >= 4 is 27.5 Å². The number of hydrogen-bond acceptors (Lipinski definition) is 1. The van der Waals surface area contributed by atoms with Crippen LogP contribution in [0.2, 0.25) is 0 Å². The number of fused-ring (bicyclic) bond motifs is 2. The van der Waals surface area contributed by atoms with Crippen LogP contribution in [-0.2, 0) is 7.05 Å². The molecule has 0 N–H and O–H groups in total. The van der Waals surface area contributed by atoms with Crippen LogP contribution in [0.5, 0.6) is 0 Å². The van der Waals surface area contributed by atoms with Gasteiger partial charge in [-0.3, -0.25) is 0 Å². The van der Waals surface area contributed by atoms with E-state index >= 15 is 0 Å². The van der Waals surface area contributed by atoms with E-state index in [1.165, 1.54) is 44.2 Å². The van der Waals surface area contributed by atoms with E-state index in [4.69, 9.17) is 0 Å². The highest BCUT2D eigenvalue weighted by atomic mass is 15.1. The first-order valence-corrected chi connectivity index (χ1v) is 9.81. The summed E-state index contributed by atoms with van der Waals surface area (Å²) in [5.74, 6) is 0. The van der Waals surface area contributed by atoms with E-state index in [2.05, 4.69) is 104 Å². The maximum Gasteiger partial charge on any atom is 0.213 e. The second-order valence-corrected chi connectivity index (χ2v) is 7.14. The number of rotatable bonds is 4. The van der Waals surface area contributed by atoms with Crippen molar-refractivity contribution in [3.8, 4) is 11.1 Å². The zero-order valence-electron chi connectivity index (χ0n) is 16.7. The van der Waals surface area contributed by atoms with Gasteiger partial charge in [0.15, 0.2) is 0 Å². The van der Waals surface area contributed by atoms with Gasteiger partial charge in [0.2, 0.25) is 11.0 Å². The van der Waals surface area contributed by atoms with Crippen LogP contribution in [0, 0.1) is 6.92 Å². The predicted octanol–water partition coefficient (Wildman–Crippen LogP) is 5.64. The second-order valence-electron chi connectivity index (χ2n) is 7.14. The minimum absolute atomic E-state index is 1.03. The number of benzene rings is 3. The van der Waals surface area contributed by atoms with Gasteiger partial charge in [0.1, 0.15) is 7.05 Å². The molecule has 0 fully saturated rings. The van der Waals surface area contributed by atoms with E-state index in [1.54, 1.807) is 0 Å². The molecule has 4 aromatic rings. The molecule has 27 heavy (non-hydrogen) atoms. The maximum absolute atomic E-state index is 2.40. The van der Waals surface area contributed by atoms with Gasteiger partial charge in [-0.15, -0.1) is 0 Å². The molecule has 0 aliphatic carbocycles. The van der Waals surface area contributed by atoms with Gasteiger partial charge in [0.05, 0.1) is 10.8 Å². The van der Waals surface area contributed by atoms with Crippen molar-refractivity contribution in [1.29, 1.82) is 0 Å². The Kier molecular flexibility index (Phi) is 4.57. The number of aromatic nitrogens is 1. The van der Waals surface area contributed by atoms with Crippen LogP contribution in [0.1, 0.15) is 19.4 Å². The average molecular weight is 356 g/mol. The van der Waals surface area contributed by atoms with Crippen LogP contribution < -0.4 is 9.47 Å². The van der Waals surface area contributed by atoms with Crippen molar-refractivity contribution in [3.63, 3.8) is 0 Å². The molecule has 136 valence electrons. The third-order valence-corrected chi connectivity index (χ3v) is 5.68. The third-order valence-electron chi connectivity index (χ3n) is 5.68. The predicted molar refractivity (Wildman–Crippen MR) is 116 cm³/mol. The van der Waals surface area contributed by atoms with E-state index in [0.29, 0.717) is 0 Å². The summed E-state index contributed by atoms with van der Waals surface area (Å²) in [6.45, 7) is 8.72. The molecule has 0 saturated heterocycles. The molecule has 2 heteroatoms. The first-order chi connectivity index (χ1) is 13.2. The number of nitrogens with zero attached hydrogens (tertiary/aromatic N) is 2. The Morgan fingerprint density at radius 3 is 1.85 bits per heavy atom. The summed E-state index contributed by atoms with van der Waals surface area (Å²) in [6, 6.07) is 24.3. The van der Waals surface area contributed by atoms with Crippen molar-refractivity contribution in [2.75, 3.05) is 18.0 Å². The lowest BCUT2D eigenvalue weighted by Gasteiger charge is -2.22. The molecule has 0 atom stereocenters. The van der Waals surface area contributed by atoms with Crippen LogP contribution in [0.25, 0.3) is 32.9 Å². The largest absolute Gasteiger partial charge is 0.372 e. The molecule has 1 aromatic heterocycles. The van der Waals surface area contributed by atoms with Crippen LogP contribution in [0.4, 0.5) is 5.69 Å². The zero-order valence-corrected chi connectivity index (χ0v) is 16.7. The van der Waals surface area contributed by atoms with Crippen molar-refractivity contribution < 1.29 is 4.57 Å². The first-order valence-electron chi connectivity index (χ1n) is 9.81. The average Bonchev–Trinajstić information content (AvgIpc) is 2.70. The summed E-state index contributed by atoms with van der Waals surface area (Å²) in [5, 5.41) is 2.61. The van der Waals surface area contributed by atoms with Crippen LogP contribution in [0.3, 0.4) is 0 Å². The lowest BCUT2D eigenvalue weighted by molar-refractivity contribution is -0.617. The van der Waals surface area contributed by atoms with E-state index in [0.717, 1.165) is 13.1 Å². The Morgan fingerprint density at radius 2 is 1.33 bits per heavy atom. The van der Waals surface area contributed by atoms with E-state index in [9.17, 15) is 0 Å². The number of anilines is 1. The van der Waals surface area contributed by atoms with Crippen molar-refractivity contribution in [3.05, 3.63) is 72.3 Å². The topological polar surface area (TPSA) is 7.12 Å². The van der Waals surface area contributed by atoms with Gasteiger partial charge in [0, 0.05) is 36.5 Å². The minimum atomic E-state index is 1.03. The molecule has 0 aliphatic heterocycles. The highest BCUT2D eigenvalue weighted by Gasteiger charge is 2.19. The minimum Gasteiger partial charge on any atom is -0.372 e. The van der Waals surface area contributed by atoms with E-state index in [1.807, 2.05) is 0 Å². The monoisotopic (exact) mass is 355 g/mol. The number of hydrogen-bond donors (Lipinski definition) is 0. The van der Waals surface area contributed by atoms with Crippen LogP contribution in [0.15, 0.2) is 66.7 Å². The first kappa shape index (κ1) is 17.5. The van der Waals surface area contributed by atoms with Gasteiger partial charge >= 0.3 is 0 Å². The summed E-state index contributed by atoms with van der Waals surface area (Å²) in [7, 11) is 2.16. The highest BCUT2D eigenvalue weighted by Crippen LogP contribution is 2.36. The Morgan fingerprint density at radius 1 is 0.778 bits per heavy atom. The van der Waals surface area contributed by atoms with Gasteiger partial charge in [-0.05, 0) is 56.2 Å². The van der Waals surface area contributed by atoms with Gasteiger partial charge in [0.25, 0.3) is 0 Å². The number of para-hydroxylation sites is 2.